The van der Waals surface area contributed by atoms with E-state index in [0.717, 1.165) is 31.4 Å². The molecule has 1 rings (SSSR count). The van der Waals surface area contributed by atoms with Crippen molar-refractivity contribution in [2.24, 2.45) is 11.1 Å². The van der Waals surface area contributed by atoms with E-state index in [1.54, 1.807) is 0 Å². The smallest absolute Gasteiger partial charge is 0.208 e. The highest BCUT2D eigenvalue weighted by Crippen LogP contribution is 2.21. The Balaban J connectivity index is 2.54. The maximum Gasteiger partial charge on any atom is 0.208 e. The molecule has 1 fully saturated rings. The van der Waals surface area contributed by atoms with Crippen LogP contribution in [0, 0.1) is 5.92 Å². The zero-order valence-electron chi connectivity index (χ0n) is 9.19. The van der Waals surface area contributed by atoms with Gasteiger partial charge in [0.25, 0.3) is 0 Å². The zero-order valence-corrected chi connectivity index (χ0v) is 10.0. The van der Waals surface area contributed by atoms with E-state index in [0.29, 0.717) is 6.54 Å². The van der Waals surface area contributed by atoms with Gasteiger partial charge in [-0.05, 0) is 19.3 Å². The maximum absolute atomic E-state index is 11.0. The van der Waals surface area contributed by atoms with E-state index in [1.807, 2.05) is 0 Å². The molecule has 0 aromatic heterocycles. The Bertz CT molecular complexity index is 324. The van der Waals surface area contributed by atoms with Crippen molar-refractivity contribution in [3.8, 4) is 0 Å². The number of sulfonamides is 1. The Kier molecular flexibility index (Phi) is 4.53. The number of hydrogen-bond acceptors (Lipinski definition) is 4. The molecule has 0 aliphatic heterocycles. The van der Waals surface area contributed by atoms with E-state index in [-0.39, 0.29) is 5.92 Å². The van der Waals surface area contributed by atoms with Crippen molar-refractivity contribution in [1.29, 1.82) is 0 Å². The summed E-state index contributed by atoms with van der Waals surface area (Å²) in [5.74, 6) is 0.188. The molecule has 0 aromatic carbocycles. The lowest BCUT2D eigenvalue weighted by Crippen LogP contribution is -2.34. The van der Waals surface area contributed by atoms with Crippen LogP contribution >= 0.6 is 0 Å². The van der Waals surface area contributed by atoms with Crippen molar-refractivity contribution in [2.45, 2.75) is 25.7 Å². The van der Waals surface area contributed by atoms with Crippen LogP contribution in [0.4, 0.5) is 0 Å². The Morgan fingerprint density at radius 3 is 2.87 bits per heavy atom. The standard InChI is InChI=1S/C9H18N2O3S/c1-14-11-9-6-4-3-5-8(9)7-10-15(2,12)13/h8,10H,3-7H2,1-2H3/b11-9+. The van der Waals surface area contributed by atoms with E-state index < -0.39 is 10.0 Å². The zero-order chi connectivity index (χ0) is 11.3. The van der Waals surface area contributed by atoms with Gasteiger partial charge >= 0.3 is 0 Å². The minimum Gasteiger partial charge on any atom is -0.399 e. The van der Waals surface area contributed by atoms with Gasteiger partial charge in [0, 0.05) is 12.5 Å². The third-order valence-electron chi connectivity index (χ3n) is 2.51. The van der Waals surface area contributed by atoms with Crippen LogP contribution in [0.25, 0.3) is 0 Å². The van der Waals surface area contributed by atoms with Crippen molar-refractivity contribution in [1.82, 2.24) is 4.72 Å². The van der Waals surface area contributed by atoms with Gasteiger partial charge in [-0.15, -0.1) is 0 Å². The van der Waals surface area contributed by atoms with Gasteiger partial charge in [0.2, 0.25) is 10.0 Å². The quantitative estimate of drug-likeness (QED) is 0.729. The first-order valence-corrected chi connectivity index (χ1v) is 6.96. The van der Waals surface area contributed by atoms with E-state index in [9.17, 15) is 8.42 Å². The highest BCUT2D eigenvalue weighted by molar-refractivity contribution is 7.88. The molecule has 0 radical (unpaired) electrons. The fourth-order valence-corrected chi connectivity index (χ4v) is 2.28. The molecular weight excluding hydrogens is 216 g/mol. The molecule has 6 heteroatoms. The van der Waals surface area contributed by atoms with Gasteiger partial charge < -0.3 is 4.84 Å². The average Bonchev–Trinajstić information content (AvgIpc) is 2.16. The first-order chi connectivity index (χ1) is 7.03. The molecular formula is C9H18N2O3S. The van der Waals surface area contributed by atoms with Crippen LogP contribution in [-0.2, 0) is 14.9 Å². The van der Waals surface area contributed by atoms with Gasteiger partial charge in [-0.25, -0.2) is 13.1 Å². The summed E-state index contributed by atoms with van der Waals surface area (Å²) in [4.78, 5) is 4.75. The van der Waals surface area contributed by atoms with Crippen LogP contribution in [0.2, 0.25) is 0 Å². The molecule has 0 amide bonds. The first kappa shape index (κ1) is 12.4. The molecule has 1 aliphatic rings. The molecule has 0 saturated heterocycles. The minimum absolute atomic E-state index is 0.188. The molecule has 88 valence electrons. The third kappa shape index (κ3) is 4.61. The van der Waals surface area contributed by atoms with E-state index in [2.05, 4.69) is 9.88 Å². The fraction of sp³-hybridized carbons (Fsp3) is 0.889. The van der Waals surface area contributed by atoms with Gasteiger partial charge in [0.15, 0.2) is 0 Å². The van der Waals surface area contributed by atoms with Gasteiger partial charge in [-0.1, -0.05) is 11.6 Å². The van der Waals surface area contributed by atoms with Crippen LogP contribution in [-0.4, -0.2) is 34.0 Å². The molecule has 5 nitrogen and oxygen atoms in total. The van der Waals surface area contributed by atoms with Crippen LogP contribution in [0.15, 0.2) is 5.16 Å². The lowest BCUT2D eigenvalue weighted by molar-refractivity contribution is 0.208. The van der Waals surface area contributed by atoms with Crippen LogP contribution in [0.1, 0.15) is 25.7 Å². The molecule has 1 atom stereocenters. The second-order valence-corrected chi connectivity index (χ2v) is 5.66. The molecule has 1 unspecified atom stereocenters. The maximum atomic E-state index is 11.0. The minimum atomic E-state index is -3.11. The van der Waals surface area contributed by atoms with Gasteiger partial charge in [-0.2, -0.15) is 0 Å². The van der Waals surface area contributed by atoms with Crippen molar-refractivity contribution >= 4 is 15.7 Å². The number of nitrogens with zero attached hydrogens (tertiary/aromatic N) is 1. The molecule has 1 N–H and O–H groups in total. The van der Waals surface area contributed by atoms with Crippen molar-refractivity contribution in [3.05, 3.63) is 0 Å². The largest absolute Gasteiger partial charge is 0.399 e. The van der Waals surface area contributed by atoms with Crippen molar-refractivity contribution < 1.29 is 13.3 Å². The highest BCUT2D eigenvalue weighted by atomic mass is 32.2. The van der Waals surface area contributed by atoms with Crippen molar-refractivity contribution in [2.75, 3.05) is 19.9 Å². The summed E-state index contributed by atoms with van der Waals surface area (Å²) >= 11 is 0. The Labute approximate surface area is 90.9 Å². The lowest BCUT2D eigenvalue weighted by Gasteiger charge is -2.23. The molecule has 0 heterocycles. The summed E-state index contributed by atoms with van der Waals surface area (Å²) in [6, 6.07) is 0. The summed E-state index contributed by atoms with van der Waals surface area (Å²) < 4.78 is 24.4. The topological polar surface area (TPSA) is 67.8 Å². The molecule has 1 saturated carbocycles. The third-order valence-corrected chi connectivity index (χ3v) is 3.20. The van der Waals surface area contributed by atoms with Crippen LogP contribution in [0.3, 0.4) is 0 Å². The predicted molar refractivity (Wildman–Crippen MR) is 59.2 cm³/mol. The lowest BCUT2D eigenvalue weighted by atomic mass is 9.87. The summed E-state index contributed by atoms with van der Waals surface area (Å²) in [7, 11) is -1.59. The number of hydrogen-bond donors (Lipinski definition) is 1. The summed E-state index contributed by atoms with van der Waals surface area (Å²) in [6.07, 6.45) is 5.29. The second kappa shape index (κ2) is 5.46. The highest BCUT2D eigenvalue weighted by Gasteiger charge is 2.21. The first-order valence-electron chi connectivity index (χ1n) is 5.07. The monoisotopic (exact) mass is 234 g/mol. The fourth-order valence-electron chi connectivity index (χ4n) is 1.78. The number of oxime groups is 1. The van der Waals surface area contributed by atoms with Crippen molar-refractivity contribution in [3.63, 3.8) is 0 Å². The van der Waals surface area contributed by atoms with Gasteiger partial charge in [-0.3, -0.25) is 0 Å². The van der Waals surface area contributed by atoms with Crippen LogP contribution in [0.5, 0.6) is 0 Å². The number of rotatable bonds is 4. The molecule has 0 bridgehead atoms. The Morgan fingerprint density at radius 2 is 2.27 bits per heavy atom. The molecule has 1 aliphatic carbocycles. The van der Waals surface area contributed by atoms with E-state index >= 15 is 0 Å². The summed E-state index contributed by atoms with van der Waals surface area (Å²) in [6.45, 7) is 0.432. The summed E-state index contributed by atoms with van der Waals surface area (Å²) in [5.41, 5.74) is 0.972. The molecule has 15 heavy (non-hydrogen) atoms. The normalized spacial score (nSPS) is 25.5. The average molecular weight is 234 g/mol. The molecule has 0 aromatic rings. The Morgan fingerprint density at radius 1 is 1.53 bits per heavy atom. The van der Waals surface area contributed by atoms with Gasteiger partial charge in [0.05, 0.1) is 12.0 Å². The van der Waals surface area contributed by atoms with E-state index in [1.165, 1.54) is 13.4 Å². The summed E-state index contributed by atoms with van der Waals surface area (Å²) in [5, 5.41) is 3.95. The second-order valence-electron chi connectivity index (χ2n) is 3.83. The predicted octanol–water partition coefficient (Wildman–Crippen LogP) is 0.728. The molecule has 0 spiro atoms. The SMILES string of the molecule is CO/N=C1\CCCCC1CNS(C)(=O)=O. The van der Waals surface area contributed by atoms with Crippen LogP contribution < -0.4 is 4.72 Å². The van der Waals surface area contributed by atoms with E-state index in [4.69, 9.17) is 4.84 Å². The number of nitrogens with one attached hydrogen (secondary N) is 1. The Hall–Kier alpha value is -0.620. The van der Waals surface area contributed by atoms with Gasteiger partial charge in [0.1, 0.15) is 7.11 Å².